The van der Waals surface area contributed by atoms with Gasteiger partial charge in [-0.05, 0) is 18.6 Å². The molecule has 0 unspecified atom stereocenters. The number of aromatic amines is 1. The van der Waals surface area contributed by atoms with Gasteiger partial charge in [0.05, 0.1) is 17.5 Å². The molecule has 0 atom stereocenters. The molecular formula is C16H17N3O. The molecule has 0 fully saturated rings. The molecule has 0 amide bonds. The molecule has 0 radical (unpaired) electrons. The summed E-state index contributed by atoms with van der Waals surface area (Å²) in [4.78, 5) is 0. The molecule has 0 bridgehead atoms. The van der Waals surface area contributed by atoms with Crippen LogP contribution in [0.4, 0.5) is 5.82 Å². The normalized spacial score (nSPS) is 10.9. The van der Waals surface area contributed by atoms with Crippen LogP contribution < -0.4 is 5.73 Å². The fourth-order valence-electron chi connectivity index (χ4n) is 2.40. The summed E-state index contributed by atoms with van der Waals surface area (Å²) in [7, 11) is 0. The Morgan fingerprint density at radius 2 is 1.95 bits per heavy atom. The second kappa shape index (κ2) is 4.89. The minimum absolute atomic E-state index is 0.507. The average molecular weight is 267 g/mol. The first-order valence-electron chi connectivity index (χ1n) is 6.68. The van der Waals surface area contributed by atoms with Crippen molar-refractivity contribution in [2.45, 2.75) is 20.3 Å². The molecule has 2 aromatic heterocycles. The summed E-state index contributed by atoms with van der Waals surface area (Å²) < 4.78 is 5.50. The minimum atomic E-state index is 0.507. The maximum Gasteiger partial charge on any atom is 0.153 e. The highest BCUT2D eigenvalue weighted by Crippen LogP contribution is 2.36. The van der Waals surface area contributed by atoms with E-state index in [-0.39, 0.29) is 0 Å². The molecule has 2 heterocycles. The molecular weight excluding hydrogens is 250 g/mol. The van der Waals surface area contributed by atoms with Crippen molar-refractivity contribution in [3.63, 3.8) is 0 Å². The molecule has 3 N–H and O–H groups in total. The third-order valence-corrected chi connectivity index (χ3v) is 3.47. The highest BCUT2D eigenvalue weighted by Gasteiger charge is 2.18. The highest BCUT2D eigenvalue weighted by atomic mass is 16.3. The molecule has 4 nitrogen and oxygen atoms in total. The van der Waals surface area contributed by atoms with Gasteiger partial charge in [-0.3, -0.25) is 5.10 Å². The van der Waals surface area contributed by atoms with E-state index in [1.807, 2.05) is 6.07 Å². The summed E-state index contributed by atoms with van der Waals surface area (Å²) >= 11 is 0. The molecule has 0 saturated heterocycles. The number of nitrogen functional groups attached to an aromatic ring is 1. The largest absolute Gasteiger partial charge is 0.469 e. The van der Waals surface area contributed by atoms with Crippen LogP contribution in [0, 0.1) is 6.92 Å². The lowest BCUT2D eigenvalue weighted by atomic mass is 10.00. The Balaban J connectivity index is 2.17. The van der Waals surface area contributed by atoms with Gasteiger partial charge in [0.1, 0.15) is 5.76 Å². The van der Waals surface area contributed by atoms with E-state index in [0.29, 0.717) is 5.82 Å². The van der Waals surface area contributed by atoms with E-state index >= 15 is 0 Å². The molecule has 20 heavy (non-hydrogen) atoms. The van der Waals surface area contributed by atoms with E-state index in [0.717, 1.165) is 34.6 Å². The van der Waals surface area contributed by atoms with Gasteiger partial charge in [-0.25, -0.2) is 0 Å². The first kappa shape index (κ1) is 12.5. The van der Waals surface area contributed by atoms with E-state index in [1.165, 1.54) is 5.56 Å². The van der Waals surface area contributed by atoms with E-state index in [4.69, 9.17) is 10.2 Å². The molecule has 0 aliphatic heterocycles. The van der Waals surface area contributed by atoms with Gasteiger partial charge in [-0.2, -0.15) is 5.10 Å². The van der Waals surface area contributed by atoms with Gasteiger partial charge in [0.2, 0.25) is 0 Å². The van der Waals surface area contributed by atoms with Crippen LogP contribution in [-0.4, -0.2) is 10.2 Å². The third kappa shape index (κ3) is 1.99. The number of rotatable bonds is 3. The van der Waals surface area contributed by atoms with Crippen molar-refractivity contribution in [3.05, 3.63) is 47.9 Å². The van der Waals surface area contributed by atoms with Gasteiger partial charge in [0, 0.05) is 12.0 Å². The Bertz CT molecular complexity index is 723. The van der Waals surface area contributed by atoms with Crippen LogP contribution in [0.15, 0.2) is 41.0 Å². The molecule has 102 valence electrons. The molecule has 3 aromatic rings. The van der Waals surface area contributed by atoms with Crippen molar-refractivity contribution in [3.8, 4) is 22.4 Å². The molecule has 0 aliphatic carbocycles. The molecule has 0 spiro atoms. The fraction of sp³-hybridized carbons (Fsp3) is 0.188. The Labute approximate surface area is 117 Å². The fourth-order valence-corrected chi connectivity index (χ4v) is 2.40. The van der Waals surface area contributed by atoms with Crippen LogP contribution in [-0.2, 0) is 6.42 Å². The summed E-state index contributed by atoms with van der Waals surface area (Å²) in [5.74, 6) is 1.44. The van der Waals surface area contributed by atoms with Crippen LogP contribution in [0.5, 0.6) is 0 Å². The second-order valence-electron chi connectivity index (χ2n) is 4.84. The number of aryl methyl sites for hydroxylation is 2. The Morgan fingerprint density at radius 1 is 1.20 bits per heavy atom. The number of aromatic nitrogens is 2. The zero-order chi connectivity index (χ0) is 14.1. The van der Waals surface area contributed by atoms with Gasteiger partial charge in [0.15, 0.2) is 5.82 Å². The van der Waals surface area contributed by atoms with Gasteiger partial charge in [-0.15, -0.1) is 0 Å². The average Bonchev–Trinajstić information content (AvgIpc) is 3.05. The van der Waals surface area contributed by atoms with Crippen molar-refractivity contribution >= 4 is 5.82 Å². The molecule has 0 aliphatic rings. The van der Waals surface area contributed by atoms with Crippen LogP contribution in [0.1, 0.15) is 18.2 Å². The summed E-state index contributed by atoms with van der Waals surface area (Å²) in [6, 6.07) is 10.2. The predicted octanol–water partition coefficient (Wildman–Crippen LogP) is 3.79. The number of nitrogens with two attached hydrogens (primary N) is 1. The zero-order valence-electron chi connectivity index (χ0n) is 11.6. The number of hydrogen-bond acceptors (Lipinski definition) is 3. The third-order valence-electron chi connectivity index (χ3n) is 3.47. The summed E-state index contributed by atoms with van der Waals surface area (Å²) in [5, 5.41) is 7.19. The van der Waals surface area contributed by atoms with E-state index in [2.05, 4.69) is 48.3 Å². The number of hydrogen-bond donors (Lipinski definition) is 2. The zero-order valence-corrected chi connectivity index (χ0v) is 11.6. The van der Waals surface area contributed by atoms with Crippen LogP contribution in [0.3, 0.4) is 0 Å². The van der Waals surface area contributed by atoms with Gasteiger partial charge in [-0.1, -0.05) is 36.8 Å². The number of nitrogens with zero attached hydrogens (tertiary/aromatic N) is 1. The van der Waals surface area contributed by atoms with Crippen LogP contribution in [0.2, 0.25) is 0 Å². The SMILES string of the molecule is CCc1occc1-c1[nH]nc(N)c1-c1ccc(C)cc1. The van der Waals surface area contributed by atoms with E-state index < -0.39 is 0 Å². The lowest BCUT2D eigenvalue weighted by Gasteiger charge is -2.05. The first-order valence-corrected chi connectivity index (χ1v) is 6.68. The van der Waals surface area contributed by atoms with Crippen molar-refractivity contribution in [1.29, 1.82) is 0 Å². The van der Waals surface area contributed by atoms with Gasteiger partial charge >= 0.3 is 0 Å². The van der Waals surface area contributed by atoms with Crippen molar-refractivity contribution < 1.29 is 4.42 Å². The van der Waals surface area contributed by atoms with Crippen molar-refractivity contribution in [1.82, 2.24) is 10.2 Å². The Morgan fingerprint density at radius 3 is 2.65 bits per heavy atom. The van der Waals surface area contributed by atoms with E-state index in [9.17, 15) is 0 Å². The maximum atomic E-state index is 6.04. The van der Waals surface area contributed by atoms with Crippen molar-refractivity contribution in [2.24, 2.45) is 0 Å². The van der Waals surface area contributed by atoms with Gasteiger partial charge in [0.25, 0.3) is 0 Å². The maximum absolute atomic E-state index is 6.04. The number of H-pyrrole nitrogens is 1. The summed E-state index contributed by atoms with van der Waals surface area (Å²) in [6.07, 6.45) is 2.53. The lowest BCUT2D eigenvalue weighted by Crippen LogP contribution is -1.89. The highest BCUT2D eigenvalue weighted by molar-refractivity contribution is 5.88. The standard InChI is InChI=1S/C16H17N3O/c1-3-13-12(8-9-20-13)15-14(16(17)19-18-15)11-6-4-10(2)5-7-11/h4-9H,3H2,1-2H3,(H3,17,18,19). The number of furan rings is 1. The van der Waals surface area contributed by atoms with E-state index in [1.54, 1.807) is 6.26 Å². The Hall–Kier alpha value is -2.49. The van der Waals surface area contributed by atoms with Crippen molar-refractivity contribution in [2.75, 3.05) is 5.73 Å². The lowest BCUT2D eigenvalue weighted by molar-refractivity contribution is 0.517. The summed E-state index contributed by atoms with van der Waals surface area (Å²) in [6.45, 7) is 4.13. The monoisotopic (exact) mass is 267 g/mol. The quantitative estimate of drug-likeness (QED) is 0.758. The molecule has 1 aromatic carbocycles. The smallest absolute Gasteiger partial charge is 0.153 e. The Kier molecular flexibility index (Phi) is 3.06. The number of anilines is 1. The molecule has 3 rings (SSSR count). The van der Waals surface area contributed by atoms with Gasteiger partial charge < -0.3 is 10.2 Å². The molecule has 4 heteroatoms. The minimum Gasteiger partial charge on any atom is -0.469 e. The second-order valence-corrected chi connectivity index (χ2v) is 4.84. The number of benzene rings is 1. The number of nitrogens with one attached hydrogen (secondary N) is 1. The van der Waals surface area contributed by atoms with Crippen LogP contribution in [0.25, 0.3) is 22.4 Å². The van der Waals surface area contributed by atoms with Crippen LogP contribution >= 0.6 is 0 Å². The molecule has 0 saturated carbocycles. The predicted molar refractivity (Wildman–Crippen MR) is 80.3 cm³/mol. The summed E-state index contributed by atoms with van der Waals surface area (Å²) in [5.41, 5.74) is 11.2. The topological polar surface area (TPSA) is 67.8 Å². The first-order chi connectivity index (χ1) is 9.70.